The summed E-state index contributed by atoms with van der Waals surface area (Å²) in [6.45, 7) is 0.703. The van der Waals surface area contributed by atoms with Gasteiger partial charge in [-0.15, -0.1) is 0 Å². The van der Waals surface area contributed by atoms with E-state index in [1.165, 1.54) is 22.3 Å². The summed E-state index contributed by atoms with van der Waals surface area (Å²) in [6.07, 6.45) is 2.78. The fraction of sp³-hybridized carbons (Fsp3) is 0.235. The topological polar surface area (TPSA) is 29.1 Å². The lowest BCUT2D eigenvalue weighted by atomic mass is 9.91. The van der Waals surface area contributed by atoms with Crippen LogP contribution in [0.3, 0.4) is 0 Å². The minimum Gasteiger partial charge on any atom is -0.358 e. The first-order valence-electron chi connectivity index (χ1n) is 6.70. The van der Waals surface area contributed by atoms with E-state index in [-0.39, 0.29) is 0 Å². The molecule has 3 rings (SSSR count). The second-order valence-corrected chi connectivity index (χ2v) is 5.07. The Hall–Kier alpha value is -2.09. The van der Waals surface area contributed by atoms with E-state index in [2.05, 4.69) is 53.8 Å². The summed E-state index contributed by atoms with van der Waals surface area (Å²) in [5.74, 6) is 0.366. The third kappa shape index (κ3) is 2.39. The van der Waals surface area contributed by atoms with E-state index >= 15 is 0 Å². The molecule has 0 fully saturated rings. The van der Waals surface area contributed by atoms with Gasteiger partial charge in [0.2, 0.25) is 6.41 Å². The number of rotatable bonds is 3. The molecule has 0 saturated heterocycles. The van der Waals surface area contributed by atoms with Gasteiger partial charge in [0.25, 0.3) is 0 Å². The van der Waals surface area contributed by atoms with E-state index in [4.69, 9.17) is 0 Å². The molecule has 1 atom stereocenters. The molecule has 1 amide bonds. The van der Waals surface area contributed by atoms with Gasteiger partial charge in [-0.3, -0.25) is 4.79 Å². The van der Waals surface area contributed by atoms with Crippen LogP contribution in [0.2, 0.25) is 0 Å². The standard InChI is InChI=1S/C17H17NO/c19-12-18-11-16-10-14-6-2-1-5-13(14)9-15-7-3-4-8-17(15)16/h1-8,12,16H,9-11H2,(H,18,19). The van der Waals surface area contributed by atoms with Crippen LogP contribution in [0.4, 0.5) is 0 Å². The Morgan fingerprint density at radius 1 is 1.00 bits per heavy atom. The second kappa shape index (κ2) is 5.27. The van der Waals surface area contributed by atoms with Crippen molar-refractivity contribution in [3.05, 3.63) is 70.8 Å². The van der Waals surface area contributed by atoms with Crippen molar-refractivity contribution in [1.29, 1.82) is 0 Å². The molecule has 0 spiro atoms. The third-order valence-electron chi connectivity index (χ3n) is 3.91. The largest absolute Gasteiger partial charge is 0.358 e. The van der Waals surface area contributed by atoms with Crippen LogP contribution in [-0.2, 0) is 17.6 Å². The zero-order chi connectivity index (χ0) is 13.1. The molecule has 0 aromatic heterocycles. The van der Waals surface area contributed by atoms with Crippen molar-refractivity contribution in [3.8, 4) is 0 Å². The Balaban J connectivity index is 2.03. The maximum Gasteiger partial charge on any atom is 0.207 e. The highest BCUT2D eigenvalue weighted by Gasteiger charge is 2.21. The molecule has 19 heavy (non-hydrogen) atoms. The molecule has 1 aliphatic carbocycles. The lowest BCUT2D eigenvalue weighted by Crippen LogP contribution is -2.21. The maximum absolute atomic E-state index is 10.6. The van der Waals surface area contributed by atoms with Gasteiger partial charge >= 0.3 is 0 Å². The smallest absolute Gasteiger partial charge is 0.207 e. The van der Waals surface area contributed by atoms with Crippen LogP contribution in [0.1, 0.15) is 28.2 Å². The Labute approximate surface area is 113 Å². The zero-order valence-electron chi connectivity index (χ0n) is 10.8. The Bertz CT molecular complexity index is 591. The van der Waals surface area contributed by atoms with E-state index in [0.29, 0.717) is 12.5 Å². The van der Waals surface area contributed by atoms with E-state index in [1.54, 1.807) is 0 Å². The molecule has 0 heterocycles. The van der Waals surface area contributed by atoms with Gasteiger partial charge in [-0.1, -0.05) is 48.5 Å². The highest BCUT2D eigenvalue weighted by Crippen LogP contribution is 2.31. The average molecular weight is 251 g/mol. The summed E-state index contributed by atoms with van der Waals surface area (Å²) in [6, 6.07) is 17.2. The van der Waals surface area contributed by atoms with Crippen LogP contribution in [0, 0.1) is 0 Å². The van der Waals surface area contributed by atoms with Gasteiger partial charge < -0.3 is 5.32 Å². The monoisotopic (exact) mass is 251 g/mol. The first-order chi connectivity index (χ1) is 9.38. The first kappa shape index (κ1) is 12.0. The van der Waals surface area contributed by atoms with Crippen molar-refractivity contribution in [1.82, 2.24) is 5.32 Å². The van der Waals surface area contributed by atoms with Crippen molar-refractivity contribution in [2.75, 3.05) is 6.54 Å². The van der Waals surface area contributed by atoms with Crippen LogP contribution in [0.15, 0.2) is 48.5 Å². The van der Waals surface area contributed by atoms with Crippen molar-refractivity contribution in [2.45, 2.75) is 18.8 Å². The molecule has 2 heteroatoms. The minimum absolute atomic E-state index is 0.366. The maximum atomic E-state index is 10.6. The highest BCUT2D eigenvalue weighted by atomic mass is 16.1. The number of benzene rings is 2. The summed E-state index contributed by atoms with van der Waals surface area (Å²) < 4.78 is 0. The molecule has 1 N–H and O–H groups in total. The fourth-order valence-electron chi connectivity index (χ4n) is 2.98. The van der Waals surface area contributed by atoms with Crippen molar-refractivity contribution >= 4 is 6.41 Å². The van der Waals surface area contributed by atoms with Crippen molar-refractivity contribution in [3.63, 3.8) is 0 Å². The number of nitrogens with one attached hydrogen (secondary N) is 1. The van der Waals surface area contributed by atoms with Crippen molar-refractivity contribution in [2.24, 2.45) is 0 Å². The minimum atomic E-state index is 0.366. The SMILES string of the molecule is O=CNCC1Cc2ccccc2Cc2ccccc21. The fourth-order valence-corrected chi connectivity index (χ4v) is 2.98. The highest BCUT2D eigenvalue weighted by molar-refractivity contribution is 5.47. The third-order valence-corrected chi connectivity index (χ3v) is 3.91. The summed E-state index contributed by atoms with van der Waals surface area (Å²) in [7, 11) is 0. The van der Waals surface area contributed by atoms with Gasteiger partial charge in [-0.2, -0.15) is 0 Å². The first-order valence-corrected chi connectivity index (χ1v) is 6.70. The van der Waals surface area contributed by atoms with Gasteiger partial charge in [0.05, 0.1) is 0 Å². The van der Waals surface area contributed by atoms with Gasteiger partial charge in [0.15, 0.2) is 0 Å². The second-order valence-electron chi connectivity index (χ2n) is 5.07. The molecule has 0 aliphatic heterocycles. The van der Waals surface area contributed by atoms with Gasteiger partial charge in [-0.25, -0.2) is 0 Å². The van der Waals surface area contributed by atoms with Crippen LogP contribution in [0.5, 0.6) is 0 Å². The quantitative estimate of drug-likeness (QED) is 0.835. The van der Waals surface area contributed by atoms with Crippen LogP contribution >= 0.6 is 0 Å². The Morgan fingerprint density at radius 3 is 2.47 bits per heavy atom. The molecule has 2 aromatic rings. The van der Waals surface area contributed by atoms with Crippen LogP contribution in [-0.4, -0.2) is 13.0 Å². The number of carbonyl (C=O) groups excluding carboxylic acids is 1. The molecule has 0 radical (unpaired) electrons. The summed E-state index contributed by atoms with van der Waals surface area (Å²) in [5.41, 5.74) is 5.55. The number of hydrogen-bond donors (Lipinski definition) is 1. The van der Waals surface area contributed by atoms with E-state index in [9.17, 15) is 4.79 Å². The summed E-state index contributed by atoms with van der Waals surface area (Å²) >= 11 is 0. The van der Waals surface area contributed by atoms with E-state index < -0.39 is 0 Å². The Morgan fingerprint density at radius 2 is 1.68 bits per heavy atom. The average Bonchev–Trinajstić information content (AvgIpc) is 2.61. The number of hydrogen-bond acceptors (Lipinski definition) is 1. The number of carbonyl (C=O) groups is 1. The summed E-state index contributed by atoms with van der Waals surface area (Å²) in [5, 5.41) is 2.84. The van der Waals surface area contributed by atoms with Gasteiger partial charge in [0, 0.05) is 12.5 Å². The van der Waals surface area contributed by atoms with Crippen molar-refractivity contribution < 1.29 is 4.79 Å². The molecule has 96 valence electrons. The van der Waals surface area contributed by atoms with Gasteiger partial charge in [-0.05, 0) is 35.1 Å². The Kier molecular flexibility index (Phi) is 3.32. The predicted molar refractivity (Wildman–Crippen MR) is 76.2 cm³/mol. The van der Waals surface area contributed by atoms with Crippen LogP contribution in [0.25, 0.3) is 0 Å². The van der Waals surface area contributed by atoms with Gasteiger partial charge in [0.1, 0.15) is 0 Å². The molecular weight excluding hydrogens is 234 g/mol. The molecule has 0 saturated carbocycles. The molecule has 1 aliphatic rings. The summed E-state index contributed by atoms with van der Waals surface area (Å²) in [4.78, 5) is 10.6. The normalized spacial score (nSPS) is 16.9. The predicted octanol–water partition coefficient (Wildman–Crippen LogP) is 2.66. The molecule has 0 bridgehead atoms. The lowest BCUT2D eigenvalue weighted by Gasteiger charge is -2.17. The molecule has 1 unspecified atom stereocenters. The zero-order valence-corrected chi connectivity index (χ0v) is 10.8. The van der Waals surface area contributed by atoms with E-state index in [1.807, 2.05) is 0 Å². The molecular formula is C17H17NO. The number of fused-ring (bicyclic) bond motifs is 2. The van der Waals surface area contributed by atoms with Crippen LogP contribution < -0.4 is 5.32 Å². The molecule has 2 nitrogen and oxygen atoms in total. The number of amides is 1. The van der Waals surface area contributed by atoms with E-state index in [0.717, 1.165) is 19.3 Å². The molecule has 2 aromatic carbocycles. The lowest BCUT2D eigenvalue weighted by molar-refractivity contribution is -0.109.